The summed E-state index contributed by atoms with van der Waals surface area (Å²) in [6.45, 7) is 0. The van der Waals surface area contributed by atoms with E-state index in [9.17, 15) is 10.1 Å². The maximum absolute atomic E-state index is 10.9. The Hall–Kier alpha value is -3.10. The predicted octanol–water partition coefficient (Wildman–Crippen LogP) is 1.14. The summed E-state index contributed by atoms with van der Waals surface area (Å²) in [4.78, 5) is 24.3. The Kier molecular flexibility index (Phi) is 2.94. The van der Waals surface area contributed by atoms with E-state index in [1.165, 1.54) is 29.5 Å². The molecule has 9 heteroatoms. The van der Waals surface area contributed by atoms with Gasteiger partial charge in [0.1, 0.15) is 12.7 Å². The van der Waals surface area contributed by atoms with Crippen molar-refractivity contribution < 1.29 is 4.92 Å². The van der Waals surface area contributed by atoms with Crippen LogP contribution in [0.1, 0.15) is 0 Å². The number of nitro groups is 1. The number of benzene rings is 1. The molecule has 3 rings (SSSR count). The van der Waals surface area contributed by atoms with Crippen LogP contribution in [-0.2, 0) is 0 Å². The highest BCUT2D eigenvalue weighted by molar-refractivity contribution is 5.66. The number of aromatic nitrogens is 5. The molecular weight excluding hydrogens is 274 g/mol. The van der Waals surface area contributed by atoms with E-state index in [1.807, 2.05) is 0 Å². The lowest BCUT2D eigenvalue weighted by Crippen LogP contribution is -2.14. The molecule has 0 saturated heterocycles. The number of hydrogen-bond donors (Lipinski definition) is 0. The number of fused-ring (bicyclic) bond motifs is 1. The SMILES string of the molecule is CN(C)c1cc([N+](=O)[O-])ccc1-n1cnc2ncnc-2n1. The van der Waals surface area contributed by atoms with Crippen LogP contribution in [0.15, 0.2) is 30.9 Å². The third-order valence-electron chi connectivity index (χ3n) is 2.95. The van der Waals surface area contributed by atoms with Crippen LogP contribution in [0.5, 0.6) is 0 Å². The minimum atomic E-state index is -0.432. The van der Waals surface area contributed by atoms with Crippen molar-refractivity contribution in [3.05, 3.63) is 41.0 Å². The Morgan fingerprint density at radius 1 is 1.19 bits per heavy atom. The molecule has 0 saturated carbocycles. The van der Waals surface area contributed by atoms with Crippen LogP contribution < -0.4 is 4.90 Å². The highest BCUT2D eigenvalue weighted by Crippen LogP contribution is 2.27. The van der Waals surface area contributed by atoms with Gasteiger partial charge in [-0.25, -0.2) is 19.6 Å². The molecule has 2 heterocycles. The van der Waals surface area contributed by atoms with Gasteiger partial charge in [0, 0.05) is 26.2 Å². The van der Waals surface area contributed by atoms with Crippen LogP contribution in [0.25, 0.3) is 17.3 Å². The Bertz CT molecular complexity index is 783. The first-order valence-electron chi connectivity index (χ1n) is 6.05. The molecule has 0 N–H and O–H groups in total. The minimum Gasteiger partial charge on any atom is -0.376 e. The first-order valence-corrected chi connectivity index (χ1v) is 6.05. The molecular formula is C12H11N7O2. The normalized spacial score (nSPS) is 10.8. The summed E-state index contributed by atoms with van der Waals surface area (Å²) in [6, 6.07) is 4.55. The molecule has 1 aromatic carbocycles. The summed E-state index contributed by atoms with van der Waals surface area (Å²) in [6.07, 6.45) is 2.89. The predicted molar refractivity (Wildman–Crippen MR) is 74.6 cm³/mol. The largest absolute Gasteiger partial charge is 0.376 e. The van der Waals surface area contributed by atoms with Crippen molar-refractivity contribution in [2.45, 2.75) is 0 Å². The van der Waals surface area contributed by atoms with Gasteiger partial charge in [-0.3, -0.25) is 10.1 Å². The zero-order valence-corrected chi connectivity index (χ0v) is 11.3. The molecule has 0 aliphatic carbocycles. The second-order valence-corrected chi connectivity index (χ2v) is 4.53. The van der Waals surface area contributed by atoms with Crippen LogP contribution in [0.2, 0.25) is 0 Å². The molecule has 0 atom stereocenters. The van der Waals surface area contributed by atoms with Gasteiger partial charge in [0.05, 0.1) is 16.3 Å². The molecule has 2 aliphatic rings. The molecule has 9 nitrogen and oxygen atoms in total. The van der Waals surface area contributed by atoms with Crippen molar-refractivity contribution >= 4 is 11.4 Å². The van der Waals surface area contributed by atoms with Gasteiger partial charge < -0.3 is 4.90 Å². The van der Waals surface area contributed by atoms with Gasteiger partial charge in [0.25, 0.3) is 5.69 Å². The molecule has 0 aromatic heterocycles. The Morgan fingerprint density at radius 2 is 1.95 bits per heavy atom. The lowest BCUT2D eigenvalue weighted by atomic mass is 10.2. The number of anilines is 1. The number of non-ortho nitro benzene ring substituents is 1. The maximum atomic E-state index is 10.9. The summed E-state index contributed by atoms with van der Waals surface area (Å²) >= 11 is 0. The molecule has 0 fully saturated rings. The average Bonchev–Trinajstić information content (AvgIpc) is 2.93. The zero-order chi connectivity index (χ0) is 15.0. The van der Waals surface area contributed by atoms with Crippen molar-refractivity contribution in [2.75, 3.05) is 19.0 Å². The quantitative estimate of drug-likeness (QED) is 0.525. The standard InChI is InChI=1S/C12H11N7O2/c1-17(2)10-5-8(19(20)21)3-4-9(10)18-7-15-11-12(16-18)14-6-13-11/h3-7H,1-2H3. The molecule has 0 amide bonds. The van der Waals surface area contributed by atoms with E-state index < -0.39 is 4.92 Å². The van der Waals surface area contributed by atoms with Crippen molar-refractivity contribution in [3.63, 3.8) is 0 Å². The van der Waals surface area contributed by atoms with E-state index in [-0.39, 0.29) is 5.69 Å². The van der Waals surface area contributed by atoms with Crippen molar-refractivity contribution in [1.29, 1.82) is 0 Å². The van der Waals surface area contributed by atoms with Gasteiger partial charge in [0.2, 0.25) is 11.6 Å². The van der Waals surface area contributed by atoms with Gasteiger partial charge >= 0.3 is 0 Å². The highest BCUT2D eigenvalue weighted by atomic mass is 16.6. The van der Waals surface area contributed by atoms with Crippen molar-refractivity contribution in [2.24, 2.45) is 0 Å². The minimum absolute atomic E-state index is 0.0187. The topological polar surface area (TPSA) is 103 Å². The Morgan fingerprint density at radius 3 is 2.67 bits per heavy atom. The average molecular weight is 285 g/mol. The zero-order valence-electron chi connectivity index (χ0n) is 11.3. The third kappa shape index (κ3) is 2.24. The first-order chi connectivity index (χ1) is 10.1. The van der Waals surface area contributed by atoms with E-state index in [0.29, 0.717) is 23.0 Å². The molecule has 106 valence electrons. The van der Waals surface area contributed by atoms with Crippen molar-refractivity contribution in [3.8, 4) is 17.3 Å². The van der Waals surface area contributed by atoms with Gasteiger partial charge in [-0.1, -0.05) is 0 Å². The van der Waals surface area contributed by atoms with Crippen LogP contribution in [0.4, 0.5) is 11.4 Å². The molecule has 0 spiro atoms. The summed E-state index contributed by atoms with van der Waals surface area (Å²) in [5.41, 5.74) is 1.34. The summed E-state index contributed by atoms with van der Waals surface area (Å²) in [5, 5.41) is 15.2. The van der Waals surface area contributed by atoms with Gasteiger partial charge in [-0.15, -0.1) is 5.10 Å². The number of rotatable bonds is 3. The molecule has 21 heavy (non-hydrogen) atoms. The fraction of sp³-hybridized carbons (Fsp3) is 0.167. The molecule has 0 radical (unpaired) electrons. The lowest BCUT2D eigenvalue weighted by molar-refractivity contribution is -0.384. The number of nitro benzene ring substituents is 1. The first kappa shape index (κ1) is 12.9. The van der Waals surface area contributed by atoms with Crippen LogP contribution in [-0.4, -0.2) is 43.8 Å². The lowest BCUT2D eigenvalue weighted by Gasteiger charge is -2.17. The maximum Gasteiger partial charge on any atom is 0.271 e. The van der Waals surface area contributed by atoms with E-state index >= 15 is 0 Å². The summed E-state index contributed by atoms with van der Waals surface area (Å²) < 4.78 is 1.52. The van der Waals surface area contributed by atoms with Crippen LogP contribution >= 0.6 is 0 Å². The number of nitrogens with zero attached hydrogens (tertiary/aromatic N) is 7. The highest BCUT2D eigenvalue weighted by Gasteiger charge is 2.16. The van der Waals surface area contributed by atoms with Gasteiger partial charge in [-0.2, -0.15) is 0 Å². The second kappa shape index (κ2) is 4.78. The second-order valence-electron chi connectivity index (χ2n) is 4.53. The number of hydrogen-bond acceptors (Lipinski definition) is 7. The third-order valence-corrected chi connectivity index (χ3v) is 2.95. The fourth-order valence-corrected chi connectivity index (χ4v) is 1.95. The Balaban J connectivity index is 2.17. The van der Waals surface area contributed by atoms with Gasteiger partial charge in [0.15, 0.2) is 0 Å². The molecule has 1 aromatic rings. The summed E-state index contributed by atoms with van der Waals surface area (Å²) in [7, 11) is 3.61. The van der Waals surface area contributed by atoms with E-state index in [4.69, 9.17) is 0 Å². The monoisotopic (exact) mass is 285 g/mol. The van der Waals surface area contributed by atoms with E-state index in [1.54, 1.807) is 25.1 Å². The van der Waals surface area contributed by atoms with E-state index in [2.05, 4.69) is 20.1 Å². The molecule has 0 bridgehead atoms. The summed E-state index contributed by atoms with van der Waals surface area (Å²) in [5.74, 6) is 0.875. The van der Waals surface area contributed by atoms with Gasteiger partial charge in [-0.05, 0) is 6.07 Å². The van der Waals surface area contributed by atoms with Crippen LogP contribution in [0.3, 0.4) is 0 Å². The van der Waals surface area contributed by atoms with Crippen molar-refractivity contribution in [1.82, 2.24) is 24.7 Å². The Labute approximate surface area is 119 Å². The van der Waals surface area contributed by atoms with E-state index in [0.717, 1.165) is 0 Å². The molecule has 0 unspecified atom stereocenters. The van der Waals surface area contributed by atoms with Crippen LogP contribution in [0, 0.1) is 10.1 Å². The fourth-order valence-electron chi connectivity index (χ4n) is 1.95. The smallest absolute Gasteiger partial charge is 0.271 e. The molecule has 2 aliphatic heterocycles. The number of imidazole rings is 1.